The number of carbonyl (C=O) groups is 2. The molecule has 0 spiro atoms. The smallest absolute Gasteiger partial charge is 0.361 e. The first-order valence-electron chi connectivity index (χ1n) is 7.73. The number of nitrogens with zero attached hydrogens (tertiary/aromatic N) is 1. The van der Waals surface area contributed by atoms with Crippen LogP contribution in [0.4, 0.5) is 0 Å². The zero-order valence-electron chi connectivity index (χ0n) is 14.5. The molecular formula is C18H22N2O4. The maximum atomic E-state index is 12.3. The summed E-state index contributed by atoms with van der Waals surface area (Å²) in [5.41, 5.74) is 0.435. The lowest BCUT2D eigenvalue weighted by atomic mass is 10.1. The predicted octanol–water partition coefficient (Wildman–Crippen LogP) is 3.11. The summed E-state index contributed by atoms with van der Waals surface area (Å²) in [6, 6.07) is 9.25. The van der Waals surface area contributed by atoms with Crippen LogP contribution in [0, 0.1) is 6.92 Å². The Morgan fingerprint density at radius 1 is 1.21 bits per heavy atom. The van der Waals surface area contributed by atoms with Crippen molar-refractivity contribution in [3.8, 4) is 11.5 Å². The Kier molecular flexibility index (Phi) is 5.07. The average Bonchev–Trinajstić information content (AvgIpc) is 2.88. The number of aromatic nitrogens is 1. The van der Waals surface area contributed by atoms with Crippen molar-refractivity contribution in [3.63, 3.8) is 0 Å². The molecule has 1 heterocycles. The second-order valence-corrected chi connectivity index (χ2v) is 6.58. The fourth-order valence-corrected chi connectivity index (χ4v) is 2.03. The molecule has 0 saturated heterocycles. The van der Waals surface area contributed by atoms with Gasteiger partial charge in [-0.15, -0.1) is 0 Å². The molecule has 6 heteroatoms. The summed E-state index contributed by atoms with van der Waals surface area (Å²) in [5.74, 6) is -0.357. The van der Waals surface area contributed by atoms with Gasteiger partial charge in [0.25, 0.3) is 5.91 Å². The summed E-state index contributed by atoms with van der Waals surface area (Å²) in [6.07, 6.45) is -0.923. The number of rotatable bonds is 4. The van der Waals surface area contributed by atoms with Crippen molar-refractivity contribution in [2.24, 2.45) is 0 Å². The van der Waals surface area contributed by atoms with Gasteiger partial charge >= 0.3 is 5.97 Å². The number of carbonyl (C=O) groups excluding carboxylic acids is 2. The second-order valence-electron chi connectivity index (χ2n) is 6.58. The number of hydrogen-bond donors (Lipinski definition) is 1. The van der Waals surface area contributed by atoms with Gasteiger partial charge in [0.15, 0.2) is 11.8 Å². The summed E-state index contributed by atoms with van der Waals surface area (Å²) in [6.45, 7) is 8.72. The lowest BCUT2D eigenvalue weighted by Gasteiger charge is -2.23. The van der Waals surface area contributed by atoms with Gasteiger partial charge < -0.3 is 14.5 Å². The highest BCUT2D eigenvalue weighted by molar-refractivity contribution is 5.92. The van der Waals surface area contributed by atoms with Crippen LogP contribution >= 0.6 is 0 Å². The van der Waals surface area contributed by atoms with Gasteiger partial charge in [0.05, 0.1) is 0 Å². The predicted molar refractivity (Wildman–Crippen MR) is 89.4 cm³/mol. The van der Waals surface area contributed by atoms with Gasteiger partial charge in [-0.1, -0.05) is 18.2 Å². The van der Waals surface area contributed by atoms with Gasteiger partial charge in [-0.2, -0.15) is 0 Å². The molecule has 0 bridgehead atoms. The first-order chi connectivity index (χ1) is 11.2. The maximum Gasteiger partial charge on any atom is 0.361 e. The molecule has 1 N–H and O–H groups in total. The molecule has 1 amide bonds. The fourth-order valence-electron chi connectivity index (χ4n) is 2.03. The Labute approximate surface area is 141 Å². The highest BCUT2D eigenvalue weighted by atomic mass is 16.5. The number of esters is 1. The van der Waals surface area contributed by atoms with Gasteiger partial charge in [-0.3, -0.25) is 4.79 Å². The van der Waals surface area contributed by atoms with E-state index in [2.05, 4.69) is 10.3 Å². The summed E-state index contributed by atoms with van der Waals surface area (Å²) in [5, 5.41) is 2.76. The SMILES string of the molecule is Cc1oc(-c2ccccc2)nc1C(=O)OC(C)C(=O)NC(C)(C)C. The molecule has 1 unspecified atom stereocenters. The van der Waals surface area contributed by atoms with E-state index in [1.54, 1.807) is 6.92 Å². The van der Waals surface area contributed by atoms with E-state index in [1.165, 1.54) is 6.92 Å². The molecule has 6 nitrogen and oxygen atoms in total. The van der Waals surface area contributed by atoms with E-state index >= 15 is 0 Å². The van der Waals surface area contributed by atoms with Crippen molar-refractivity contribution in [2.75, 3.05) is 0 Å². The van der Waals surface area contributed by atoms with Crippen molar-refractivity contribution in [1.29, 1.82) is 0 Å². The lowest BCUT2D eigenvalue weighted by molar-refractivity contribution is -0.130. The first-order valence-corrected chi connectivity index (χ1v) is 7.73. The average molecular weight is 330 g/mol. The minimum atomic E-state index is -0.923. The molecule has 1 aromatic carbocycles. The number of benzene rings is 1. The van der Waals surface area contributed by atoms with E-state index in [9.17, 15) is 9.59 Å². The molecule has 0 aliphatic carbocycles. The second kappa shape index (κ2) is 6.86. The Hall–Kier alpha value is -2.63. The lowest BCUT2D eigenvalue weighted by Crippen LogP contribution is -2.46. The summed E-state index contributed by atoms with van der Waals surface area (Å²) in [7, 11) is 0. The molecule has 0 aliphatic heterocycles. The number of nitrogens with one attached hydrogen (secondary N) is 1. The molecule has 1 atom stereocenters. The van der Waals surface area contributed by atoms with E-state index in [1.807, 2.05) is 51.1 Å². The Balaban J connectivity index is 2.10. The largest absolute Gasteiger partial charge is 0.448 e. The number of oxazole rings is 1. The minimum absolute atomic E-state index is 0.0734. The molecule has 0 saturated carbocycles. The summed E-state index contributed by atoms with van der Waals surface area (Å²) in [4.78, 5) is 28.5. The van der Waals surface area contributed by atoms with Crippen molar-refractivity contribution in [3.05, 3.63) is 41.8 Å². The normalized spacial score (nSPS) is 12.5. The minimum Gasteiger partial charge on any atom is -0.448 e. The standard InChI is InChI=1S/C18H22N2O4/c1-11-14(19-16(23-11)13-9-7-6-8-10-13)17(22)24-12(2)15(21)20-18(3,4)5/h6-10,12H,1-5H3,(H,20,21). The van der Waals surface area contributed by atoms with E-state index in [0.29, 0.717) is 11.7 Å². The van der Waals surface area contributed by atoms with Gasteiger partial charge in [-0.25, -0.2) is 9.78 Å². The van der Waals surface area contributed by atoms with E-state index in [4.69, 9.17) is 9.15 Å². The van der Waals surface area contributed by atoms with Crippen LogP contribution in [0.5, 0.6) is 0 Å². The summed E-state index contributed by atoms with van der Waals surface area (Å²) < 4.78 is 10.7. The Morgan fingerprint density at radius 3 is 2.42 bits per heavy atom. The Bertz CT molecular complexity index is 729. The number of aryl methyl sites for hydroxylation is 1. The van der Waals surface area contributed by atoms with Gasteiger partial charge in [-0.05, 0) is 46.8 Å². The number of hydrogen-bond acceptors (Lipinski definition) is 5. The maximum absolute atomic E-state index is 12.3. The molecule has 2 aromatic rings. The topological polar surface area (TPSA) is 81.4 Å². The zero-order chi connectivity index (χ0) is 17.9. The summed E-state index contributed by atoms with van der Waals surface area (Å²) >= 11 is 0. The van der Waals surface area contributed by atoms with Crippen LogP contribution < -0.4 is 5.32 Å². The van der Waals surface area contributed by atoms with Crippen LogP contribution in [-0.2, 0) is 9.53 Å². The molecule has 2 rings (SSSR count). The fraction of sp³-hybridized carbons (Fsp3) is 0.389. The van der Waals surface area contributed by atoms with E-state index in [-0.39, 0.29) is 11.6 Å². The number of ether oxygens (including phenoxy) is 1. The van der Waals surface area contributed by atoms with Gasteiger partial charge in [0, 0.05) is 11.1 Å². The molecule has 0 aliphatic rings. The molecule has 128 valence electrons. The Morgan fingerprint density at radius 2 is 1.83 bits per heavy atom. The first kappa shape index (κ1) is 17.7. The van der Waals surface area contributed by atoms with Crippen LogP contribution in [-0.4, -0.2) is 28.5 Å². The van der Waals surface area contributed by atoms with Gasteiger partial charge in [0.1, 0.15) is 5.76 Å². The third-order valence-corrected chi connectivity index (χ3v) is 3.16. The quantitative estimate of drug-likeness (QED) is 0.871. The molecule has 24 heavy (non-hydrogen) atoms. The molecule has 1 aromatic heterocycles. The van der Waals surface area contributed by atoms with Crippen molar-refractivity contribution < 1.29 is 18.7 Å². The van der Waals surface area contributed by atoms with Crippen LogP contribution in [0.25, 0.3) is 11.5 Å². The highest BCUT2D eigenvalue weighted by Gasteiger charge is 2.26. The third-order valence-electron chi connectivity index (χ3n) is 3.16. The van der Waals surface area contributed by atoms with E-state index in [0.717, 1.165) is 5.56 Å². The third kappa shape index (κ3) is 4.44. The van der Waals surface area contributed by atoms with Crippen molar-refractivity contribution >= 4 is 11.9 Å². The van der Waals surface area contributed by atoms with Crippen molar-refractivity contribution in [2.45, 2.75) is 46.3 Å². The van der Waals surface area contributed by atoms with Gasteiger partial charge in [0.2, 0.25) is 5.89 Å². The highest BCUT2D eigenvalue weighted by Crippen LogP contribution is 2.22. The molecule has 0 fully saturated rings. The van der Waals surface area contributed by atoms with Crippen LogP contribution in [0.1, 0.15) is 43.9 Å². The van der Waals surface area contributed by atoms with Crippen LogP contribution in [0.3, 0.4) is 0 Å². The van der Waals surface area contributed by atoms with Crippen LogP contribution in [0.2, 0.25) is 0 Å². The molecule has 0 radical (unpaired) electrons. The van der Waals surface area contributed by atoms with Crippen LogP contribution in [0.15, 0.2) is 34.7 Å². The van der Waals surface area contributed by atoms with Crippen molar-refractivity contribution in [1.82, 2.24) is 10.3 Å². The zero-order valence-corrected chi connectivity index (χ0v) is 14.5. The van der Waals surface area contributed by atoms with E-state index < -0.39 is 17.6 Å². The monoisotopic (exact) mass is 330 g/mol. The number of amides is 1. The molecular weight excluding hydrogens is 308 g/mol.